The van der Waals surface area contributed by atoms with Gasteiger partial charge in [0.1, 0.15) is 0 Å². The minimum Gasteiger partial charge on any atom is -0.359 e. The van der Waals surface area contributed by atoms with Gasteiger partial charge in [-0.1, -0.05) is 25.3 Å². The Hall–Kier alpha value is -1.03. The lowest BCUT2D eigenvalue weighted by Crippen LogP contribution is -2.45. The Kier molecular flexibility index (Phi) is 4.64. The summed E-state index contributed by atoms with van der Waals surface area (Å²) in [6.45, 7) is 0.987. The highest BCUT2D eigenvalue weighted by Crippen LogP contribution is 2.40. The van der Waals surface area contributed by atoms with Crippen LogP contribution in [-0.2, 0) is 5.41 Å². The van der Waals surface area contributed by atoms with Crippen LogP contribution in [0.3, 0.4) is 0 Å². The first-order valence-electron chi connectivity index (χ1n) is 6.73. The molecular formula is C14H23N3S. The Morgan fingerprint density at radius 3 is 2.72 bits per heavy atom. The van der Waals surface area contributed by atoms with E-state index in [9.17, 15) is 0 Å². The third-order valence-electron chi connectivity index (χ3n) is 3.91. The summed E-state index contributed by atoms with van der Waals surface area (Å²) in [5.41, 5.74) is 0.319. The van der Waals surface area contributed by atoms with Crippen LogP contribution in [0, 0.1) is 0 Å². The Labute approximate surface area is 114 Å². The molecule has 100 valence electrons. The molecule has 0 unspecified atom stereocenters. The van der Waals surface area contributed by atoms with E-state index in [0.717, 1.165) is 12.5 Å². The van der Waals surface area contributed by atoms with Crippen molar-refractivity contribution in [2.75, 3.05) is 20.6 Å². The standard InChI is InChI=1S/C14H23N3S/c1-15-13(16-2)17-11-14(8-4-3-5-9-14)12-7-6-10-18-12/h6-7,10H,3-5,8-9,11H2,1-2H3,(H2,15,16,17). The number of thiophene rings is 1. The molecule has 0 atom stereocenters. The van der Waals surface area contributed by atoms with Crippen molar-refractivity contribution in [3.63, 3.8) is 0 Å². The SMILES string of the molecule is CN=C(NC)NCC1(c2cccs2)CCCCC1. The molecule has 2 rings (SSSR count). The molecule has 1 saturated carbocycles. The molecule has 1 aliphatic carbocycles. The van der Waals surface area contributed by atoms with Crippen molar-refractivity contribution >= 4 is 17.3 Å². The van der Waals surface area contributed by atoms with Crippen molar-refractivity contribution in [2.24, 2.45) is 4.99 Å². The van der Waals surface area contributed by atoms with Gasteiger partial charge in [0.2, 0.25) is 0 Å². The summed E-state index contributed by atoms with van der Waals surface area (Å²) in [7, 11) is 3.73. The molecule has 0 bridgehead atoms. The number of aliphatic imine (C=N–C) groups is 1. The summed E-state index contributed by atoms with van der Waals surface area (Å²) in [6.07, 6.45) is 6.66. The molecule has 0 aromatic carbocycles. The average molecular weight is 265 g/mol. The van der Waals surface area contributed by atoms with Crippen LogP contribution in [0.1, 0.15) is 37.0 Å². The maximum Gasteiger partial charge on any atom is 0.190 e. The van der Waals surface area contributed by atoms with Crippen molar-refractivity contribution in [1.82, 2.24) is 10.6 Å². The van der Waals surface area contributed by atoms with Crippen LogP contribution in [0.25, 0.3) is 0 Å². The second-order valence-electron chi connectivity index (χ2n) is 4.99. The highest BCUT2D eigenvalue weighted by atomic mass is 32.1. The molecule has 0 amide bonds. The van der Waals surface area contributed by atoms with E-state index in [2.05, 4.69) is 33.1 Å². The molecule has 1 aromatic heterocycles. The quantitative estimate of drug-likeness (QED) is 0.651. The number of nitrogens with zero attached hydrogens (tertiary/aromatic N) is 1. The van der Waals surface area contributed by atoms with Gasteiger partial charge in [0.25, 0.3) is 0 Å². The van der Waals surface area contributed by atoms with Crippen LogP contribution in [0.15, 0.2) is 22.5 Å². The second-order valence-corrected chi connectivity index (χ2v) is 5.94. The summed E-state index contributed by atoms with van der Waals surface area (Å²) >= 11 is 1.89. The first-order chi connectivity index (χ1) is 8.80. The number of hydrogen-bond acceptors (Lipinski definition) is 2. The molecule has 1 fully saturated rings. The lowest BCUT2D eigenvalue weighted by Gasteiger charge is -2.37. The van der Waals surface area contributed by atoms with Gasteiger partial charge in [0.05, 0.1) is 0 Å². The van der Waals surface area contributed by atoms with Gasteiger partial charge in [-0.05, 0) is 24.3 Å². The monoisotopic (exact) mass is 265 g/mol. The minimum absolute atomic E-state index is 0.319. The van der Waals surface area contributed by atoms with Crippen molar-refractivity contribution in [3.8, 4) is 0 Å². The van der Waals surface area contributed by atoms with E-state index in [1.165, 1.54) is 37.0 Å². The minimum atomic E-state index is 0.319. The van der Waals surface area contributed by atoms with Crippen molar-refractivity contribution < 1.29 is 0 Å². The fourth-order valence-corrected chi connectivity index (χ4v) is 3.84. The van der Waals surface area contributed by atoms with E-state index >= 15 is 0 Å². The zero-order valence-corrected chi connectivity index (χ0v) is 12.1. The number of hydrogen-bond donors (Lipinski definition) is 2. The summed E-state index contributed by atoms with van der Waals surface area (Å²) in [6, 6.07) is 4.46. The van der Waals surface area contributed by atoms with Crippen molar-refractivity contribution in [2.45, 2.75) is 37.5 Å². The van der Waals surface area contributed by atoms with Crippen LogP contribution in [0.4, 0.5) is 0 Å². The van der Waals surface area contributed by atoms with Gasteiger partial charge in [-0.15, -0.1) is 11.3 Å². The lowest BCUT2D eigenvalue weighted by atomic mass is 9.73. The summed E-state index contributed by atoms with van der Waals surface area (Å²) in [4.78, 5) is 5.73. The third-order valence-corrected chi connectivity index (χ3v) is 5.03. The van der Waals surface area contributed by atoms with Gasteiger partial charge in [-0.25, -0.2) is 0 Å². The van der Waals surface area contributed by atoms with E-state index in [0.29, 0.717) is 5.41 Å². The van der Waals surface area contributed by atoms with Gasteiger partial charge in [-0.3, -0.25) is 4.99 Å². The molecule has 1 aromatic rings. The van der Waals surface area contributed by atoms with E-state index in [1.807, 2.05) is 25.4 Å². The highest BCUT2D eigenvalue weighted by molar-refractivity contribution is 7.10. The zero-order valence-electron chi connectivity index (χ0n) is 11.3. The maximum atomic E-state index is 4.20. The zero-order chi connectivity index (χ0) is 12.8. The molecule has 0 radical (unpaired) electrons. The summed E-state index contributed by atoms with van der Waals surface area (Å²) in [5.74, 6) is 0.886. The van der Waals surface area contributed by atoms with E-state index in [4.69, 9.17) is 0 Å². The smallest absolute Gasteiger partial charge is 0.190 e. The molecular weight excluding hydrogens is 242 g/mol. The predicted octanol–water partition coefficient (Wildman–Crippen LogP) is 2.74. The molecule has 0 spiro atoms. The van der Waals surface area contributed by atoms with Crippen LogP contribution >= 0.6 is 11.3 Å². The van der Waals surface area contributed by atoms with Crippen LogP contribution in [-0.4, -0.2) is 26.6 Å². The summed E-state index contributed by atoms with van der Waals surface area (Å²) < 4.78 is 0. The molecule has 0 saturated heterocycles. The van der Waals surface area contributed by atoms with E-state index in [-0.39, 0.29) is 0 Å². The second kappa shape index (κ2) is 6.23. The van der Waals surface area contributed by atoms with Gasteiger partial charge >= 0.3 is 0 Å². The van der Waals surface area contributed by atoms with Gasteiger partial charge in [-0.2, -0.15) is 0 Å². The normalized spacial score (nSPS) is 19.6. The first kappa shape index (κ1) is 13.4. The van der Waals surface area contributed by atoms with Crippen molar-refractivity contribution in [1.29, 1.82) is 0 Å². The van der Waals surface area contributed by atoms with Gasteiger partial charge in [0.15, 0.2) is 5.96 Å². The maximum absolute atomic E-state index is 4.20. The molecule has 18 heavy (non-hydrogen) atoms. The van der Waals surface area contributed by atoms with E-state index < -0.39 is 0 Å². The molecule has 1 aliphatic rings. The lowest BCUT2D eigenvalue weighted by molar-refractivity contribution is 0.296. The molecule has 4 heteroatoms. The molecule has 3 nitrogen and oxygen atoms in total. The molecule has 2 N–H and O–H groups in total. The Morgan fingerprint density at radius 2 is 2.17 bits per heavy atom. The Morgan fingerprint density at radius 1 is 1.39 bits per heavy atom. The highest BCUT2D eigenvalue weighted by Gasteiger charge is 2.34. The predicted molar refractivity (Wildman–Crippen MR) is 79.5 cm³/mol. The largest absolute Gasteiger partial charge is 0.359 e. The van der Waals surface area contributed by atoms with Gasteiger partial charge < -0.3 is 10.6 Å². The number of nitrogens with one attached hydrogen (secondary N) is 2. The fourth-order valence-electron chi connectivity index (χ4n) is 2.85. The Balaban J connectivity index is 2.10. The third kappa shape index (κ3) is 2.86. The van der Waals surface area contributed by atoms with Crippen LogP contribution in [0.5, 0.6) is 0 Å². The first-order valence-corrected chi connectivity index (χ1v) is 7.61. The van der Waals surface area contributed by atoms with Gasteiger partial charge in [0, 0.05) is 30.9 Å². The summed E-state index contributed by atoms with van der Waals surface area (Å²) in [5, 5.41) is 8.75. The van der Waals surface area contributed by atoms with Crippen molar-refractivity contribution in [3.05, 3.63) is 22.4 Å². The molecule has 0 aliphatic heterocycles. The van der Waals surface area contributed by atoms with Crippen LogP contribution in [0.2, 0.25) is 0 Å². The number of rotatable bonds is 3. The number of guanidine groups is 1. The van der Waals surface area contributed by atoms with E-state index in [1.54, 1.807) is 0 Å². The average Bonchev–Trinajstić information content (AvgIpc) is 2.95. The topological polar surface area (TPSA) is 36.4 Å². The van der Waals surface area contributed by atoms with Crippen LogP contribution < -0.4 is 10.6 Å². The fraction of sp³-hybridized carbons (Fsp3) is 0.643. The molecule has 1 heterocycles. The Bertz CT molecular complexity index is 378.